The normalized spacial score (nSPS) is 17.4. The summed E-state index contributed by atoms with van der Waals surface area (Å²) in [4.78, 5) is 24.4. The summed E-state index contributed by atoms with van der Waals surface area (Å²) in [7, 11) is -3.81. The zero-order chi connectivity index (χ0) is 20.1. The van der Waals surface area contributed by atoms with Crippen molar-refractivity contribution in [2.45, 2.75) is 37.2 Å². The van der Waals surface area contributed by atoms with Crippen molar-refractivity contribution < 1.29 is 27.2 Å². The first kappa shape index (κ1) is 20.1. The molecule has 1 aromatic carbocycles. The van der Waals surface area contributed by atoms with Gasteiger partial charge in [-0.25, -0.2) is 8.42 Å². The molecule has 1 N–H and O–H groups in total. The van der Waals surface area contributed by atoms with Crippen LogP contribution in [-0.2, 0) is 30.9 Å². The Kier molecular flexibility index (Phi) is 6.15. The zero-order valence-corrected chi connectivity index (χ0v) is 16.3. The molecule has 0 radical (unpaired) electrons. The van der Waals surface area contributed by atoms with Crippen molar-refractivity contribution >= 4 is 21.9 Å². The third-order valence-electron chi connectivity index (χ3n) is 4.49. The summed E-state index contributed by atoms with van der Waals surface area (Å²) in [5.41, 5.74) is 0.942. The smallest absolute Gasteiger partial charge is 0.324 e. The fraction of sp³-hybridized carbons (Fsp3) is 0.368. The van der Waals surface area contributed by atoms with E-state index in [1.807, 2.05) is 6.92 Å². The number of nitrogens with zero attached hydrogens (tertiary/aromatic N) is 1. The minimum Gasteiger partial charge on any atom is -0.467 e. The van der Waals surface area contributed by atoms with Crippen LogP contribution in [0, 0.1) is 6.92 Å². The minimum absolute atomic E-state index is 0.133. The second-order valence-electron chi connectivity index (χ2n) is 6.55. The molecule has 0 saturated carbocycles. The lowest BCUT2D eigenvalue weighted by Gasteiger charge is -2.22. The highest BCUT2D eigenvalue weighted by Crippen LogP contribution is 2.27. The number of amides is 1. The molecule has 1 fully saturated rings. The van der Waals surface area contributed by atoms with Gasteiger partial charge in [0.2, 0.25) is 10.0 Å². The molecule has 1 saturated heterocycles. The van der Waals surface area contributed by atoms with Crippen molar-refractivity contribution in [1.29, 1.82) is 0 Å². The first-order chi connectivity index (χ1) is 13.4. The SMILES string of the molecule is Cc1ccc(S(=O)(=O)N2CCC[C@H]2C(=O)OCC(=O)NCc2ccco2)cc1. The summed E-state index contributed by atoms with van der Waals surface area (Å²) in [5.74, 6) is -0.636. The highest BCUT2D eigenvalue weighted by molar-refractivity contribution is 7.89. The number of sulfonamides is 1. The van der Waals surface area contributed by atoms with Crippen molar-refractivity contribution in [2.24, 2.45) is 0 Å². The maximum Gasteiger partial charge on any atom is 0.324 e. The van der Waals surface area contributed by atoms with Gasteiger partial charge in [-0.3, -0.25) is 9.59 Å². The molecule has 9 heteroatoms. The van der Waals surface area contributed by atoms with Crippen molar-refractivity contribution in [1.82, 2.24) is 9.62 Å². The second-order valence-corrected chi connectivity index (χ2v) is 8.44. The van der Waals surface area contributed by atoms with Gasteiger partial charge in [0.1, 0.15) is 11.8 Å². The molecule has 1 aliphatic heterocycles. The van der Waals surface area contributed by atoms with Gasteiger partial charge in [-0.2, -0.15) is 4.31 Å². The number of carbonyl (C=O) groups excluding carboxylic acids is 2. The maximum atomic E-state index is 12.9. The van der Waals surface area contributed by atoms with Crippen LogP contribution in [0.2, 0.25) is 0 Å². The molecule has 0 spiro atoms. The number of furan rings is 1. The van der Waals surface area contributed by atoms with Crippen LogP contribution >= 0.6 is 0 Å². The van der Waals surface area contributed by atoms with E-state index in [1.165, 1.54) is 18.4 Å². The molecule has 1 aromatic heterocycles. The van der Waals surface area contributed by atoms with Gasteiger partial charge in [0, 0.05) is 6.54 Å². The predicted octanol–water partition coefficient (Wildman–Crippen LogP) is 1.60. The second kappa shape index (κ2) is 8.57. The molecule has 3 rings (SSSR count). The Bertz CT molecular complexity index is 922. The van der Waals surface area contributed by atoms with Gasteiger partial charge in [0.25, 0.3) is 5.91 Å². The average Bonchev–Trinajstić information content (AvgIpc) is 3.36. The van der Waals surface area contributed by atoms with Gasteiger partial charge >= 0.3 is 5.97 Å². The van der Waals surface area contributed by atoms with E-state index in [0.29, 0.717) is 18.6 Å². The number of ether oxygens (including phenoxy) is 1. The molecule has 150 valence electrons. The zero-order valence-electron chi connectivity index (χ0n) is 15.5. The Morgan fingerprint density at radius 3 is 2.68 bits per heavy atom. The lowest BCUT2D eigenvalue weighted by molar-refractivity contribution is -0.151. The van der Waals surface area contributed by atoms with E-state index in [0.717, 1.165) is 9.87 Å². The van der Waals surface area contributed by atoms with Crippen LogP contribution in [-0.4, -0.2) is 43.8 Å². The Labute approximate surface area is 163 Å². The molecule has 8 nitrogen and oxygen atoms in total. The van der Waals surface area contributed by atoms with Crippen LogP contribution in [0.1, 0.15) is 24.2 Å². The van der Waals surface area contributed by atoms with Crippen molar-refractivity contribution in [3.05, 3.63) is 54.0 Å². The van der Waals surface area contributed by atoms with E-state index in [-0.39, 0.29) is 18.0 Å². The van der Waals surface area contributed by atoms with E-state index in [4.69, 9.17) is 9.15 Å². The monoisotopic (exact) mass is 406 g/mol. The van der Waals surface area contributed by atoms with Crippen molar-refractivity contribution in [3.63, 3.8) is 0 Å². The molecule has 2 heterocycles. The number of rotatable bonds is 7. The third-order valence-corrected chi connectivity index (χ3v) is 6.41. The van der Waals surface area contributed by atoms with Crippen LogP contribution < -0.4 is 5.32 Å². The summed E-state index contributed by atoms with van der Waals surface area (Å²) < 4.78 is 37.0. The molecule has 1 amide bonds. The van der Waals surface area contributed by atoms with Crippen LogP contribution in [0.25, 0.3) is 0 Å². The van der Waals surface area contributed by atoms with E-state index in [1.54, 1.807) is 24.3 Å². The quantitative estimate of drug-likeness (QED) is 0.700. The maximum absolute atomic E-state index is 12.9. The molecule has 0 aliphatic carbocycles. The van der Waals surface area contributed by atoms with E-state index in [9.17, 15) is 18.0 Å². The van der Waals surface area contributed by atoms with Gasteiger partial charge in [0.15, 0.2) is 6.61 Å². The standard InChI is InChI=1S/C19H22N2O6S/c1-14-6-8-16(9-7-14)28(24,25)21-10-2-5-17(21)19(23)27-13-18(22)20-12-15-4-3-11-26-15/h3-4,6-9,11,17H,2,5,10,12-13H2,1H3,(H,20,22)/t17-/m0/s1. The fourth-order valence-electron chi connectivity index (χ4n) is 2.99. The molecule has 1 atom stereocenters. The lowest BCUT2D eigenvalue weighted by atomic mass is 10.2. The van der Waals surface area contributed by atoms with Crippen molar-refractivity contribution in [3.8, 4) is 0 Å². The van der Waals surface area contributed by atoms with Crippen molar-refractivity contribution in [2.75, 3.05) is 13.2 Å². The Morgan fingerprint density at radius 1 is 1.25 bits per heavy atom. The summed E-state index contributed by atoms with van der Waals surface area (Å²) >= 11 is 0. The molecule has 2 aromatic rings. The molecular formula is C19H22N2O6S. The van der Waals surface area contributed by atoms with E-state index >= 15 is 0 Å². The number of aryl methyl sites for hydroxylation is 1. The highest BCUT2D eigenvalue weighted by Gasteiger charge is 2.40. The Balaban J connectivity index is 1.58. The summed E-state index contributed by atoms with van der Waals surface area (Å²) in [6.07, 6.45) is 2.40. The Morgan fingerprint density at radius 2 is 2.00 bits per heavy atom. The minimum atomic E-state index is -3.81. The van der Waals surface area contributed by atoms with Gasteiger partial charge in [-0.15, -0.1) is 0 Å². The summed E-state index contributed by atoms with van der Waals surface area (Å²) in [6.45, 7) is 1.80. The number of hydrogen-bond acceptors (Lipinski definition) is 6. The van der Waals surface area contributed by atoms with Crippen LogP contribution in [0.5, 0.6) is 0 Å². The molecule has 0 bridgehead atoms. The number of carbonyl (C=O) groups is 2. The number of benzene rings is 1. The van der Waals surface area contributed by atoms with Crippen LogP contribution in [0.3, 0.4) is 0 Å². The van der Waals surface area contributed by atoms with Gasteiger partial charge < -0.3 is 14.5 Å². The molecule has 0 unspecified atom stereocenters. The summed E-state index contributed by atoms with van der Waals surface area (Å²) in [5, 5.41) is 2.56. The number of nitrogens with one attached hydrogen (secondary N) is 1. The average molecular weight is 406 g/mol. The van der Waals surface area contributed by atoms with Crippen LogP contribution in [0.15, 0.2) is 52.0 Å². The largest absolute Gasteiger partial charge is 0.467 e. The van der Waals surface area contributed by atoms with Gasteiger partial charge in [-0.05, 0) is 44.0 Å². The molecular weight excluding hydrogens is 384 g/mol. The van der Waals surface area contributed by atoms with E-state index < -0.39 is 34.5 Å². The Hall–Kier alpha value is -2.65. The topological polar surface area (TPSA) is 106 Å². The predicted molar refractivity (Wildman–Crippen MR) is 99.6 cm³/mol. The fourth-order valence-corrected chi connectivity index (χ4v) is 4.64. The van der Waals surface area contributed by atoms with Crippen LogP contribution in [0.4, 0.5) is 0 Å². The first-order valence-corrected chi connectivity index (χ1v) is 10.4. The molecule has 28 heavy (non-hydrogen) atoms. The number of hydrogen-bond donors (Lipinski definition) is 1. The van der Waals surface area contributed by atoms with Gasteiger partial charge in [-0.1, -0.05) is 17.7 Å². The third kappa shape index (κ3) is 4.60. The van der Waals surface area contributed by atoms with E-state index in [2.05, 4.69) is 5.32 Å². The number of esters is 1. The first-order valence-electron chi connectivity index (χ1n) is 8.92. The highest BCUT2D eigenvalue weighted by atomic mass is 32.2. The van der Waals surface area contributed by atoms with Gasteiger partial charge in [0.05, 0.1) is 17.7 Å². The molecule has 1 aliphatic rings. The lowest BCUT2D eigenvalue weighted by Crippen LogP contribution is -2.42. The summed E-state index contributed by atoms with van der Waals surface area (Å²) in [6, 6.07) is 8.94.